The van der Waals surface area contributed by atoms with E-state index < -0.39 is 0 Å². The first-order chi connectivity index (χ1) is 11.9. The van der Waals surface area contributed by atoms with Gasteiger partial charge in [0.15, 0.2) is 0 Å². The predicted octanol–water partition coefficient (Wildman–Crippen LogP) is 4.91. The van der Waals surface area contributed by atoms with Gasteiger partial charge in [-0.2, -0.15) is 0 Å². The Morgan fingerprint density at radius 1 is 0.917 bits per heavy atom. The molecule has 1 aliphatic rings. The Balaban J connectivity index is 1.83. The van der Waals surface area contributed by atoms with Crippen LogP contribution in [0.4, 0.5) is 0 Å². The van der Waals surface area contributed by atoms with Crippen molar-refractivity contribution in [2.24, 2.45) is 0 Å². The number of hydrogen-bond acceptors (Lipinski definition) is 4. The van der Waals surface area contributed by atoms with Crippen molar-refractivity contribution in [2.75, 3.05) is 0 Å². The van der Waals surface area contributed by atoms with Crippen LogP contribution in [0, 0.1) is 0 Å². The Kier molecular flexibility index (Phi) is 3.16. The zero-order valence-corrected chi connectivity index (χ0v) is 13.9. The van der Waals surface area contributed by atoms with E-state index in [1.54, 1.807) is 6.20 Å². The molecule has 0 amide bonds. The van der Waals surface area contributed by atoms with E-state index in [1.807, 2.05) is 42.1 Å². The largest absolute Gasteiger partial charge is 0.264 e. The third kappa shape index (κ3) is 2.14. The number of pyridine rings is 3. The molecule has 1 aliphatic carbocycles. The van der Waals surface area contributed by atoms with Gasteiger partial charge in [-0.05, 0) is 54.7 Å². The van der Waals surface area contributed by atoms with Crippen molar-refractivity contribution in [2.45, 2.75) is 19.3 Å². The van der Waals surface area contributed by atoms with Crippen molar-refractivity contribution >= 4 is 21.6 Å². The van der Waals surface area contributed by atoms with Crippen molar-refractivity contribution in [3.05, 3.63) is 65.6 Å². The lowest BCUT2D eigenvalue weighted by atomic mass is 9.99. The lowest BCUT2D eigenvalue weighted by molar-refractivity contribution is 0.917. The van der Waals surface area contributed by atoms with Gasteiger partial charge in [0.2, 0.25) is 0 Å². The quantitative estimate of drug-likeness (QED) is 0.524. The maximum Gasteiger partial charge on any atom is 0.125 e. The second-order valence-corrected chi connectivity index (χ2v) is 7.16. The van der Waals surface area contributed by atoms with E-state index in [-0.39, 0.29) is 0 Å². The molecule has 4 heterocycles. The van der Waals surface area contributed by atoms with E-state index in [0.29, 0.717) is 0 Å². The summed E-state index contributed by atoms with van der Waals surface area (Å²) in [5.41, 5.74) is 5.93. The fourth-order valence-corrected chi connectivity index (χ4v) is 4.80. The van der Waals surface area contributed by atoms with Crippen LogP contribution in [0.2, 0.25) is 0 Å². The molecule has 0 spiro atoms. The SMILES string of the molecule is c1cncc(-c2cc(-c3cccnc3)c3c4c(sc3n2)CCC4)c1. The minimum Gasteiger partial charge on any atom is -0.264 e. The van der Waals surface area contributed by atoms with Gasteiger partial charge in [-0.25, -0.2) is 4.98 Å². The van der Waals surface area contributed by atoms with Gasteiger partial charge in [-0.3, -0.25) is 9.97 Å². The molecule has 4 aromatic heterocycles. The predicted molar refractivity (Wildman–Crippen MR) is 98.1 cm³/mol. The molecule has 116 valence electrons. The minimum absolute atomic E-state index is 0.981. The van der Waals surface area contributed by atoms with E-state index in [9.17, 15) is 0 Å². The zero-order valence-electron chi connectivity index (χ0n) is 13.1. The van der Waals surface area contributed by atoms with Gasteiger partial charge in [0.1, 0.15) is 4.83 Å². The molecule has 4 heteroatoms. The molecule has 0 saturated carbocycles. The number of nitrogens with zero attached hydrogens (tertiary/aromatic N) is 3. The first-order valence-electron chi connectivity index (χ1n) is 8.16. The number of aromatic nitrogens is 3. The van der Waals surface area contributed by atoms with Crippen LogP contribution in [0.15, 0.2) is 55.1 Å². The van der Waals surface area contributed by atoms with Gasteiger partial charge < -0.3 is 0 Å². The normalized spacial score (nSPS) is 13.3. The lowest BCUT2D eigenvalue weighted by Gasteiger charge is -2.09. The van der Waals surface area contributed by atoms with Crippen molar-refractivity contribution in [1.82, 2.24) is 15.0 Å². The van der Waals surface area contributed by atoms with Gasteiger partial charge >= 0.3 is 0 Å². The third-order valence-corrected chi connectivity index (χ3v) is 5.79. The van der Waals surface area contributed by atoms with E-state index in [2.05, 4.69) is 28.2 Å². The van der Waals surface area contributed by atoms with Crippen LogP contribution in [-0.2, 0) is 12.8 Å². The Bertz CT molecular complexity index is 1020. The van der Waals surface area contributed by atoms with Gasteiger partial charge in [-0.1, -0.05) is 6.07 Å². The first kappa shape index (κ1) is 13.8. The topological polar surface area (TPSA) is 38.7 Å². The molecule has 24 heavy (non-hydrogen) atoms. The van der Waals surface area contributed by atoms with Crippen molar-refractivity contribution in [1.29, 1.82) is 0 Å². The summed E-state index contributed by atoms with van der Waals surface area (Å²) in [6.45, 7) is 0. The molecular formula is C20H15N3S. The van der Waals surface area contributed by atoms with Crippen LogP contribution in [0.5, 0.6) is 0 Å². The summed E-state index contributed by atoms with van der Waals surface area (Å²) >= 11 is 1.85. The molecule has 0 radical (unpaired) electrons. The number of aryl methyl sites for hydroxylation is 2. The Morgan fingerprint density at radius 2 is 1.71 bits per heavy atom. The molecule has 5 rings (SSSR count). The molecule has 0 fully saturated rings. The maximum atomic E-state index is 4.95. The van der Waals surface area contributed by atoms with Crippen LogP contribution in [0.25, 0.3) is 32.6 Å². The molecule has 3 nitrogen and oxygen atoms in total. The van der Waals surface area contributed by atoms with Crippen molar-refractivity contribution < 1.29 is 0 Å². The van der Waals surface area contributed by atoms with E-state index in [0.717, 1.165) is 28.1 Å². The Morgan fingerprint density at radius 3 is 2.46 bits per heavy atom. The number of thiophene rings is 1. The first-order valence-corrected chi connectivity index (χ1v) is 8.98. The standard InChI is InChI=1S/C20H15N3S/c1-6-15-18(7-1)24-20-19(15)16(13-4-2-8-21-11-13)10-17(23-20)14-5-3-9-22-12-14/h2-5,8-12H,1,6-7H2. The third-order valence-electron chi connectivity index (χ3n) is 4.60. The molecule has 0 aromatic carbocycles. The zero-order chi connectivity index (χ0) is 15.9. The molecule has 0 N–H and O–H groups in total. The summed E-state index contributed by atoms with van der Waals surface area (Å²) in [4.78, 5) is 16.2. The average Bonchev–Trinajstić information content (AvgIpc) is 3.23. The molecule has 4 aromatic rings. The van der Waals surface area contributed by atoms with Crippen molar-refractivity contribution in [3.8, 4) is 22.4 Å². The fraction of sp³-hybridized carbons (Fsp3) is 0.150. The van der Waals surface area contributed by atoms with E-state index in [1.165, 1.54) is 34.2 Å². The van der Waals surface area contributed by atoms with Crippen LogP contribution in [0.3, 0.4) is 0 Å². The van der Waals surface area contributed by atoms with Crippen LogP contribution in [-0.4, -0.2) is 15.0 Å². The average molecular weight is 329 g/mol. The van der Waals surface area contributed by atoms with E-state index >= 15 is 0 Å². The summed E-state index contributed by atoms with van der Waals surface area (Å²) in [7, 11) is 0. The molecule has 0 atom stereocenters. The number of rotatable bonds is 2. The summed E-state index contributed by atoms with van der Waals surface area (Å²) in [6, 6.07) is 10.3. The van der Waals surface area contributed by atoms with Crippen LogP contribution >= 0.6 is 11.3 Å². The number of fused-ring (bicyclic) bond motifs is 3. The second kappa shape index (κ2) is 5.49. The van der Waals surface area contributed by atoms with Crippen LogP contribution < -0.4 is 0 Å². The highest BCUT2D eigenvalue weighted by Crippen LogP contribution is 2.42. The summed E-state index contributed by atoms with van der Waals surface area (Å²) < 4.78 is 0. The second-order valence-electron chi connectivity index (χ2n) is 6.08. The van der Waals surface area contributed by atoms with Gasteiger partial charge in [0.05, 0.1) is 5.69 Å². The minimum atomic E-state index is 0.981. The highest BCUT2D eigenvalue weighted by atomic mass is 32.1. The monoisotopic (exact) mass is 329 g/mol. The number of hydrogen-bond donors (Lipinski definition) is 0. The summed E-state index contributed by atoms with van der Waals surface area (Å²) in [5.74, 6) is 0. The molecule has 0 unspecified atom stereocenters. The smallest absolute Gasteiger partial charge is 0.125 e. The van der Waals surface area contributed by atoms with Gasteiger partial charge in [0.25, 0.3) is 0 Å². The summed E-state index contributed by atoms with van der Waals surface area (Å²) in [5, 5.41) is 1.33. The van der Waals surface area contributed by atoms with Crippen LogP contribution in [0.1, 0.15) is 16.9 Å². The van der Waals surface area contributed by atoms with Crippen molar-refractivity contribution in [3.63, 3.8) is 0 Å². The highest BCUT2D eigenvalue weighted by Gasteiger charge is 2.22. The summed E-state index contributed by atoms with van der Waals surface area (Å²) in [6.07, 6.45) is 11.0. The lowest BCUT2D eigenvalue weighted by Crippen LogP contribution is -1.90. The molecule has 0 bridgehead atoms. The highest BCUT2D eigenvalue weighted by molar-refractivity contribution is 7.19. The molecule has 0 saturated heterocycles. The Hall–Kier alpha value is -2.59. The molecule has 0 aliphatic heterocycles. The fourth-order valence-electron chi connectivity index (χ4n) is 3.51. The van der Waals surface area contributed by atoms with Gasteiger partial charge in [-0.15, -0.1) is 11.3 Å². The Labute approximate surface area is 144 Å². The molecular weight excluding hydrogens is 314 g/mol. The maximum absolute atomic E-state index is 4.95. The van der Waals surface area contributed by atoms with Gasteiger partial charge in [0, 0.05) is 46.2 Å². The van der Waals surface area contributed by atoms with E-state index in [4.69, 9.17) is 4.98 Å².